The molecule has 5 nitrogen and oxygen atoms in total. The van der Waals surface area contributed by atoms with Crippen molar-refractivity contribution in [3.63, 3.8) is 0 Å². The zero-order valence-corrected chi connectivity index (χ0v) is 16.7. The first-order chi connectivity index (χ1) is 13.1. The quantitative estimate of drug-likeness (QED) is 0.622. The van der Waals surface area contributed by atoms with Gasteiger partial charge >= 0.3 is 0 Å². The maximum atomic E-state index is 5.65. The number of benzene rings is 2. The summed E-state index contributed by atoms with van der Waals surface area (Å²) in [5.41, 5.74) is 3.91. The van der Waals surface area contributed by atoms with Crippen LogP contribution in [0.1, 0.15) is 23.6 Å². The summed E-state index contributed by atoms with van der Waals surface area (Å²) in [6, 6.07) is 17.0. The molecule has 1 heterocycles. The van der Waals surface area contributed by atoms with Gasteiger partial charge < -0.3 is 9.30 Å². The van der Waals surface area contributed by atoms with Crippen LogP contribution in [0.2, 0.25) is 0 Å². The van der Waals surface area contributed by atoms with Gasteiger partial charge in [0.2, 0.25) is 0 Å². The van der Waals surface area contributed by atoms with E-state index >= 15 is 0 Å². The summed E-state index contributed by atoms with van der Waals surface area (Å²) in [5.74, 6) is 1.70. The third kappa shape index (κ3) is 3.31. The molecule has 4 rings (SSSR count). The minimum absolute atomic E-state index is 0.412. The first-order valence-electron chi connectivity index (χ1n) is 9.15. The van der Waals surface area contributed by atoms with Gasteiger partial charge in [-0.05, 0) is 67.5 Å². The lowest BCUT2D eigenvalue weighted by Gasteiger charge is -2.24. The van der Waals surface area contributed by atoms with Crippen molar-refractivity contribution in [3.05, 3.63) is 64.4 Å². The van der Waals surface area contributed by atoms with Crippen LogP contribution in [0.25, 0.3) is 11.4 Å². The second-order valence-corrected chi connectivity index (χ2v) is 7.41. The average Bonchev–Trinajstić information content (AvgIpc) is 3.25. The Balaban J connectivity index is 1.59. The van der Waals surface area contributed by atoms with Gasteiger partial charge in [0.05, 0.1) is 13.8 Å². The Morgan fingerprint density at radius 3 is 2.67 bits per heavy atom. The van der Waals surface area contributed by atoms with Crippen LogP contribution in [-0.4, -0.2) is 33.4 Å². The fraction of sp³-hybridized carbons (Fsp3) is 0.333. The number of nitrogens with zero attached hydrogens (tertiary/aromatic N) is 4. The third-order valence-electron chi connectivity index (χ3n) is 5.38. The first-order valence-corrected chi connectivity index (χ1v) is 9.55. The zero-order valence-electron chi connectivity index (χ0n) is 15.9. The second kappa shape index (κ2) is 7.29. The van der Waals surface area contributed by atoms with Gasteiger partial charge in [-0.15, -0.1) is 0 Å². The summed E-state index contributed by atoms with van der Waals surface area (Å²) in [6.45, 7) is 0.668. The van der Waals surface area contributed by atoms with E-state index in [1.54, 1.807) is 7.11 Å². The minimum Gasteiger partial charge on any atom is -0.497 e. The molecule has 1 aliphatic carbocycles. The second-order valence-electron chi connectivity index (χ2n) is 7.04. The van der Waals surface area contributed by atoms with E-state index < -0.39 is 0 Å². The van der Waals surface area contributed by atoms with Crippen LogP contribution in [0.4, 0.5) is 0 Å². The van der Waals surface area contributed by atoms with E-state index in [2.05, 4.69) is 36.2 Å². The largest absolute Gasteiger partial charge is 0.497 e. The Morgan fingerprint density at radius 2 is 1.93 bits per heavy atom. The molecular formula is C21H24N4OS. The predicted octanol–water partition coefficient (Wildman–Crippen LogP) is 4.20. The lowest BCUT2D eigenvalue weighted by Crippen LogP contribution is -2.26. The van der Waals surface area contributed by atoms with Crippen molar-refractivity contribution in [1.82, 2.24) is 19.2 Å². The van der Waals surface area contributed by atoms with E-state index in [0.29, 0.717) is 12.7 Å². The van der Waals surface area contributed by atoms with Crippen LogP contribution in [0.5, 0.6) is 5.75 Å². The van der Waals surface area contributed by atoms with Gasteiger partial charge in [0, 0.05) is 18.7 Å². The third-order valence-corrected chi connectivity index (χ3v) is 5.86. The van der Waals surface area contributed by atoms with Crippen LogP contribution in [-0.2, 0) is 20.1 Å². The van der Waals surface area contributed by atoms with Crippen molar-refractivity contribution in [2.45, 2.75) is 25.6 Å². The standard InChI is InChI=1S/C21H24N4OS/c1-23(19-13-10-15-6-4-5-7-18(15)19)14-25-21(27)24(2)20(22-25)16-8-11-17(26-3)12-9-16/h4-9,11-12,19H,10,13-14H2,1-3H3. The Hall–Kier alpha value is -2.44. The predicted molar refractivity (Wildman–Crippen MR) is 109 cm³/mol. The van der Waals surface area contributed by atoms with Gasteiger partial charge in [-0.2, -0.15) is 5.10 Å². The van der Waals surface area contributed by atoms with Gasteiger partial charge in [-0.25, -0.2) is 4.68 Å². The molecule has 0 amide bonds. The highest BCUT2D eigenvalue weighted by Gasteiger charge is 2.26. The highest BCUT2D eigenvalue weighted by molar-refractivity contribution is 7.71. The molecule has 0 saturated carbocycles. The van der Waals surface area contributed by atoms with Crippen molar-refractivity contribution in [1.29, 1.82) is 0 Å². The van der Waals surface area contributed by atoms with Crippen molar-refractivity contribution >= 4 is 12.2 Å². The Morgan fingerprint density at radius 1 is 1.19 bits per heavy atom. The Bertz CT molecular complexity index is 1010. The molecule has 3 aromatic rings. The number of hydrogen-bond donors (Lipinski definition) is 0. The van der Waals surface area contributed by atoms with Crippen LogP contribution in [0.3, 0.4) is 0 Å². The number of hydrogen-bond acceptors (Lipinski definition) is 4. The molecule has 0 N–H and O–H groups in total. The summed E-state index contributed by atoms with van der Waals surface area (Å²) in [5, 5.41) is 4.80. The van der Waals surface area contributed by atoms with Crippen molar-refractivity contribution in [2.24, 2.45) is 7.05 Å². The van der Waals surface area contributed by atoms with Gasteiger partial charge in [-0.3, -0.25) is 4.90 Å². The summed E-state index contributed by atoms with van der Waals surface area (Å²) in [7, 11) is 5.79. The fourth-order valence-corrected chi connectivity index (χ4v) is 4.06. The smallest absolute Gasteiger partial charge is 0.199 e. The van der Waals surface area contributed by atoms with E-state index in [9.17, 15) is 0 Å². The number of aryl methyl sites for hydroxylation is 1. The normalized spacial score (nSPS) is 15.9. The lowest BCUT2D eigenvalue weighted by atomic mass is 10.1. The molecule has 0 aliphatic heterocycles. The average molecular weight is 381 g/mol. The number of methoxy groups -OCH3 is 1. The molecule has 27 heavy (non-hydrogen) atoms. The summed E-state index contributed by atoms with van der Waals surface area (Å²) < 4.78 is 9.84. The highest BCUT2D eigenvalue weighted by Crippen LogP contribution is 2.35. The van der Waals surface area contributed by atoms with Crippen molar-refractivity contribution < 1.29 is 4.74 Å². The monoisotopic (exact) mass is 380 g/mol. The van der Waals surface area contributed by atoms with Gasteiger partial charge in [-0.1, -0.05) is 24.3 Å². The maximum Gasteiger partial charge on any atom is 0.199 e. The molecule has 1 unspecified atom stereocenters. The minimum atomic E-state index is 0.412. The van der Waals surface area contributed by atoms with E-state index in [-0.39, 0.29) is 0 Å². The van der Waals surface area contributed by atoms with E-state index in [1.807, 2.05) is 40.6 Å². The van der Waals surface area contributed by atoms with E-state index in [4.69, 9.17) is 22.1 Å². The molecule has 2 aromatic carbocycles. The van der Waals surface area contributed by atoms with Crippen LogP contribution in [0.15, 0.2) is 48.5 Å². The van der Waals surface area contributed by atoms with Gasteiger partial charge in [0.15, 0.2) is 10.6 Å². The maximum absolute atomic E-state index is 5.65. The van der Waals surface area contributed by atoms with Crippen LogP contribution in [0, 0.1) is 4.77 Å². The van der Waals surface area contributed by atoms with Crippen LogP contribution >= 0.6 is 12.2 Å². The molecular weight excluding hydrogens is 356 g/mol. The first kappa shape index (κ1) is 17.9. The van der Waals surface area contributed by atoms with E-state index in [0.717, 1.165) is 34.8 Å². The summed E-state index contributed by atoms with van der Waals surface area (Å²) >= 11 is 5.65. The molecule has 0 spiro atoms. The lowest BCUT2D eigenvalue weighted by molar-refractivity contribution is 0.182. The fourth-order valence-electron chi connectivity index (χ4n) is 3.87. The molecule has 0 radical (unpaired) electrons. The number of fused-ring (bicyclic) bond motifs is 1. The topological polar surface area (TPSA) is 35.2 Å². The molecule has 1 aromatic heterocycles. The van der Waals surface area contributed by atoms with E-state index in [1.165, 1.54) is 11.1 Å². The molecule has 1 aliphatic rings. The van der Waals surface area contributed by atoms with Crippen LogP contribution < -0.4 is 4.74 Å². The molecule has 140 valence electrons. The summed E-state index contributed by atoms with van der Waals surface area (Å²) in [4.78, 5) is 2.34. The molecule has 6 heteroatoms. The Labute approximate surface area is 164 Å². The number of ether oxygens (including phenoxy) is 1. The molecule has 1 atom stereocenters. The highest BCUT2D eigenvalue weighted by atomic mass is 32.1. The molecule has 0 saturated heterocycles. The summed E-state index contributed by atoms with van der Waals surface area (Å²) in [6.07, 6.45) is 2.28. The van der Waals surface area contributed by atoms with Crippen molar-refractivity contribution in [2.75, 3.05) is 14.2 Å². The number of rotatable bonds is 5. The SMILES string of the molecule is COc1ccc(-c2nn(CN(C)C3CCc4ccccc43)c(=S)n2C)cc1. The zero-order chi connectivity index (χ0) is 19.0. The van der Waals surface area contributed by atoms with Crippen molar-refractivity contribution in [3.8, 4) is 17.1 Å². The Kier molecular flexibility index (Phi) is 4.85. The molecule has 0 fully saturated rings. The van der Waals surface area contributed by atoms with Gasteiger partial charge in [0.25, 0.3) is 0 Å². The molecule has 0 bridgehead atoms. The van der Waals surface area contributed by atoms with Gasteiger partial charge in [0.1, 0.15) is 5.75 Å². The number of aromatic nitrogens is 3.